The van der Waals surface area contributed by atoms with Crippen molar-refractivity contribution in [1.82, 2.24) is 19.9 Å². The second-order valence-corrected chi connectivity index (χ2v) is 10.5. The number of aromatic amines is 2. The molecule has 0 saturated heterocycles. The van der Waals surface area contributed by atoms with E-state index in [4.69, 9.17) is 9.97 Å². The van der Waals surface area contributed by atoms with Crippen LogP contribution >= 0.6 is 0 Å². The lowest BCUT2D eigenvalue weighted by atomic mass is 9.98. The Labute approximate surface area is 221 Å². The van der Waals surface area contributed by atoms with Crippen LogP contribution in [0.25, 0.3) is 44.4 Å². The van der Waals surface area contributed by atoms with Crippen LogP contribution in [0.15, 0.2) is 18.2 Å². The highest BCUT2D eigenvalue weighted by Crippen LogP contribution is 2.39. The first-order valence-corrected chi connectivity index (χ1v) is 13.9. The highest BCUT2D eigenvalue weighted by Gasteiger charge is 2.23. The van der Waals surface area contributed by atoms with Gasteiger partial charge in [-0.05, 0) is 123 Å². The van der Waals surface area contributed by atoms with Gasteiger partial charge in [0.25, 0.3) is 0 Å². The zero-order valence-electron chi connectivity index (χ0n) is 24.0. The molecule has 2 aliphatic heterocycles. The maximum Gasteiger partial charge on any atom is 0.0720 e. The van der Waals surface area contributed by atoms with E-state index in [0.717, 1.165) is 65.1 Å². The Morgan fingerprint density at radius 2 is 0.919 bits per heavy atom. The number of rotatable bonds is 4. The number of hydrogen-bond acceptors (Lipinski definition) is 2. The second-order valence-electron chi connectivity index (χ2n) is 10.5. The number of aromatic nitrogens is 4. The van der Waals surface area contributed by atoms with Gasteiger partial charge in [0.05, 0.1) is 22.8 Å². The molecule has 5 heterocycles. The van der Waals surface area contributed by atoms with Crippen molar-refractivity contribution in [3.05, 3.63) is 68.8 Å². The van der Waals surface area contributed by atoms with Gasteiger partial charge in [-0.15, -0.1) is 0 Å². The molecule has 0 aromatic carbocycles. The van der Waals surface area contributed by atoms with Crippen LogP contribution in [0.5, 0.6) is 0 Å². The molecule has 3 aromatic heterocycles. The van der Waals surface area contributed by atoms with Crippen LogP contribution in [0.1, 0.15) is 105 Å². The fourth-order valence-corrected chi connectivity index (χ4v) is 6.41. The van der Waals surface area contributed by atoms with Crippen molar-refractivity contribution in [1.29, 1.82) is 0 Å². The molecule has 0 radical (unpaired) electrons. The molecule has 0 saturated carbocycles. The highest BCUT2D eigenvalue weighted by molar-refractivity contribution is 5.96. The fourth-order valence-electron chi connectivity index (χ4n) is 6.41. The van der Waals surface area contributed by atoms with Crippen molar-refractivity contribution in [3.8, 4) is 0 Å². The van der Waals surface area contributed by atoms with Crippen LogP contribution in [-0.2, 0) is 12.8 Å². The first-order chi connectivity index (χ1) is 17.7. The van der Waals surface area contributed by atoms with Gasteiger partial charge >= 0.3 is 0 Å². The van der Waals surface area contributed by atoms with Crippen molar-refractivity contribution in [3.63, 3.8) is 0 Å². The predicted octanol–water partition coefficient (Wildman–Crippen LogP) is 9.05. The normalized spacial score (nSPS) is 13.8. The van der Waals surface area contributed by atoms with Gasteiger partial charge < -0.3 is 9.97 Å². The Balaban J connectivity index is 2.04. The topological polar surface area (TPSA) is 57.4 Å². The summed E-state index contributed by atoms with van der Waals surface area (Å²) in [4.78, 5) is 18.0. The summed E-state index contributed by atoms with van der Waals surface area (Å²) in [6.45, 7) is 20.0. The molecule has 2 N–H and O–H groups in total. The maximum atomic E-state index is 5.23. The average Bonchev–Trinajstić information content (AvgIpc) is 3.55. The van der Waals surface area contributed by atoms with Gasteiger partial charge in [-0.1, -0.05) is 27.7 Å². The Bertz CT molecular complexity index is 1530. The Kier molecular flexibility index (Phi) is 6.47. The fraction of sp³-hybridized carbons (Fsp3) is 0.394. The first kappa shape index (κ1) is 25.3. The Hall–Kier alpha value is -3.40. The lowest BCUT2D eigenvalue weighted by Crippen LogP contribution is -1.91. The van der Waals surface area contributed by atoms with Crippen molar-refractivity contribution < 1.29 is 0 Å². The molecule has 0 amide bonds. The van der Waals surface area contributed by atoms with E-state index in [9.17, 15) is 0 Å². The Morgan fingerprint density at radius 3 is 1.27 bits per heavy atom. The molecule has 0 spiro atoms. The van der Waals surface area contributed by atoms with E-state index in [1.165, 1.54) is 55.6 Å². The quantitative estimate of drug-likeness (QED) is 0.382. The number of H-pyrrole nitrogens is 2. The standard InChI is InChI=1S/C33H40N4/c1-10-22-17(5)26-14-27-18(6)23(11-2)29(35-27)16-31-25(13-4)20(8)33(37-31)21(9)32-19(7)24(12-3)30(36-32)15-28(22)34-26/h14-16,34-35H,10-13H2,1-9H3. The summed E-state index contributed by atoms with van der Waals surface area (Å²) in [5.41, 5.74) is 20.6. The van der Waals surface area contributed by atoms with Gasteiger partial charge in [0.15, 0.2) is 0 Å². The van der Waals surface area contributed by atoms with Crippen LogP contribution < -0.4 is 0 Å². The summed E-state index contributed by atoms with van der Waals surface area (Å²) in [5, 5.41) is 0. The van der Waals surface area contributed by atoms with Gasteiger partial charge in [0, 0.05) is 27.6 Å². The minimum absolute atomic E-state index is 0.953. The molecule has 0 aliphatic carbocycles. The third kappa shape index (κ3) is 3.89. The molecule has 5 rings (SSSR count). The monoisotopic (exact) mass is 492 g/mol. The smallest absolute Gasteiger partial charge is 0.0720 e. The summed E-state index contributed by atoms with van der Waals surface area (Å²) in [7, 11) is 0. The van der Waals surface area contributed by atoms with E-state index in [2.05, 4.69) is 90.5 Å². The number of allylic oxidation sites excluding steroid dienone is 4. The van der Waals surface area contributed by atoms with E-state index >= 15 is 0 Å². The van der Waals surface area contributed by atoms with E-state index in [0.29, 0.717) is 0 Å². The molecule has 37 heavy (non-hydrogen) atoms. The van der Waals surface area contributed by atoms with Gasteiger partial charge in [-0.25, -0.2) is 9.97 Å². The highest BCUT2D eigenvalue weighted by atomic mass is 14.8. The predicted molar refractivity (Wildman–Crippen MR) is 160 cm³/mol. The molecule has 8 bridgehead atoms. The molecule has 4 nitrogen and oxygen atoms in total. The number of nitrogens with zero attached hydrogens (tertiary/aromatic N) is 2. The summed E-state index contributed by atoms with van der Waals surface area (Å²) in [5.74, 6) is 0. The van der Waals surface area contributed by atoms with Crippen molar-refractivity contribution in [2.75, 3.05) is 0 Å². The van der Waals surface area contributed by atoms with Crippen LogP contribution in [0.4, 0.5) is 0 Å². The molecular formula is C33H40N4. The second kappa shape index (κ2) is 9.48. The van der Waals surface area contributed by atoms with Crippen molar-refractivity contribution in [2.24, 2.45) is 0 Å². The van der Waals surface area contributed by atoms with Gasteiger partial charge in [0.1, 0.15) is 0 Å². The lowest BCUT2D eigenvalue weighted by Gasteiger charge is -2.04. The number of hydrogen-bond donors (Lipinski definition) is 2. The van der Waals surface area contributed by atoms with Crippen LogP contribution in [0.3, 0.4) is 0 Å². The molecule has 0 fully saturated rings. The third-order valence-corrected chi connectivity index (χ3v) is 8.58. The van der Waals surface area contributed by atoms with Gasteiger partial charge in [-0.2, -0.15) is 0 Å². The molecule has 2 aliphatic rings. The van der Waals surface area contributed by atoms with Crippen molar-refractivity contribution in [2.45, 2.75) is 88.0 Å². The summed E-state index contributed by atoms with van der Waals surface area (Å²) < 4.78 is 0. The molecule has 192 valence electrons. The number of fused-ring (bicyclic) bond motifs is 8. The van der Waals surface area contributed by atoms with Gasteiger partial charge in [-0.3, -0.25) is 0 Å². The van der Waals surface area contributed by atoms with Gasteiger partial charge in [0.2, 0.25) is 0 Å². The van der Waals surface area contributed by atoms with E-state index in [1.54, 1.807) is 0 Å². The Morgan fingerprint density at radius 1 is 0.514 bits per heavy atom. The molecule has 0 unspecified atom stereocenters. The zero-order chi connectivity index (χ0) is 26.6. The summed E-state index contributed by atoms with van der Waals surface area (Å²) >= 11 is 0. The number of aryl methyl sites for hydroxylation is 4. The van der Waals surface area contributed by atoms with Crippen molar-refractivity contribution >= 4 is 44.4 Å². The SMILES string of the molecule is CCC1=C(C)c2nc1cc1[nH]c(cc3[nH]c(cc4nc(c2C)C(C)=C4CC)c(CC)c3C)c(C)c1CC. The molecule has 3 aromatic rings. The van der Waals surface area contributed by atoms with E-state index < -0.39 is 0 Å². The lowest BCUT2D eigenvalue weighted by molar-refractivity contribution is 1.14. The zero-order valence-corrected chi connectivity index (χ0v) is 24.0. The maximum absolute atomic E-state index is 5.23. The molecular weight excluding hydrogens is 452 g/mol. The van der Waals surface area contributed by atoms with Crippen LogP contribution in [0.2, 0.25) is 0 Å². The molecule has 4 heteroatoms. The van der Waals surface area contributed by atoms with E-state index in [-0.39, 0.29) is 0 Å². The largest absolute Gasteiger partial charge is 0.355 e. The first-order valence-electron chi connectivity index (χ1n) is 13.9. The summed E-state index contributed by atoms with van der Waals surface area (Å²) in [6, 6.07) is 6.82. The van der Waals surface area contributed by atoms with E-state index in [1.807, 2.05) is 0 Å². The molecule has 0 atom stereocenters. The van der Waals surface area contributed by atoms with Crippen LogP contribution in [0, 0.1) is 20.8 Å². The third-order valence-electron chi connectivity index (χ3n) is 8.58. The van der Waals surface area contributed by atoms with Crippen LogP contribution in [-0.4, -0.2) is 19.9 Å². The summed E-state index contributed by atoms with van der Waals surface area (Å²) in [6.07, 6.45) is 3.86. The minimum Gasteiger partial charge on any atom is -0.355 e. The average molecular weight is 493 g/mol. The number of nitrogens with one attached hydrogen (secondary N) is 2. The minimum atomic E-state index is 0.953.